The third kappa shape index (κ3) is 2.75. The zero-order chi connectivity index (χ0) is 11.4. The molecule has 88 valence electrons. The first-order chi connectivity index (χ1) is 7.81. The Morgan fingerprint density at radius 3 is 2.94 bits per heavy atom. The van der Waals surface area contributed by atoms with Gasteiger partial charge in [-0.05, 0) is 36.3 Å². The van der Waals surface area contributed by atoms with Crippen molar-refractivity contribution in [1.29, 1.82) is 0 Å². The fourth-order valence-electron chi connectivity index (χ4n) is 2.15. The van der Waals surface area contributed by atoms with E-state index >= 15 is 0 Å². The number of nitrogens with one attached hydrogen (secondary N) is 1. The summed E-state index contributed by atoms with van der Waals surface area (Å²) in [6, 6.07) is 6.76. The average Bonchev–Trinajstić information content (AvgIpc) is 2.31. The van der Waals surface area contributed by atoms with Crippen molar-refractivity contribution in [1.82, 2.24) is 5.43 Å². The van der Waals surface area contributed by atoms with Crippen molar-refractivity contribution in [3.8, 4) is 0 Å². The normalized spacial score (nSPS) is 23.0. The Bertz CT molecular complexity index is 340. The summed E-state index contributed by atoms with van der Waals surface area (Å²) in [4.78, 5) is 0. The predicted molar refractivity (Wildman–Crippen MR) is 66.6 cm³/mol. The van der Waals surface area contributed by atoms with E-state index in [-0.39, 0.29) is 11.9 Å². The van der Waals surface area contributed by atoms with Crippen molar-refractivity contribution in [2.45, 2.75) is 30.6 Å². The van der Waals surface area contributed by atoms with E-state index in [1.54, 1.807) is 12.1 Å². The molecule has 2 unspecified atom stereocenters. The number of hydrazine groups is 1. The Hall–Kier alpha value is -0.580. The number of rotatable bonds is 3. The second-order valence-corrected chi connectivity index (χ2v) is 5.45. The highest BCUT2D eigenvalue weighted by atomic mass is 32.2. The Kier molecular flexibility index (Phi) is 4.21. The van der Waals surface area contributed by atoms with Gasteiger partial charge < -0.3 is 0 Å². The number of nitrogens with two attached hydrogens (primary N) is 1. The molecule has 1 aromatic rings. The summed E-state index contributed by atoms with van der Waals surface area (Å²) < 4.78 is 13.2. The van der Waals surface area contributed by atoms with Crippen LogP contribution >= 0.6 is 11.8 Å². The van der Waals surface area contributed by atoms with E-state index in [2.05, 4.69) is 5.43 Å². The topological polar surface area (TPSA) is 38.0 Å². The van der Waals surface area contributed by atoms with Crippen LogP contribution in [0.15, 0.2) is 24.3 Å². The van der Waals surface area contributed by atoms with Crippen LogP contribution in [0.3, 0.4) is 0 Å². The van der Waals surface area contributed by atoms with Gasteiger partial charge in [0.25, 0.3) is 0 Å². The van der Waals surface area contributed by atoms with Crippen molar-refractivity contribution >= 4 is 11.8 Å². The van der Waals surface area contributed by atoms with E-state index in [0.717, 1.165) is 12.0 Å². The lowest BCUT2D eigenvalue weighted by atomic mass is 10.00. The van der Waals surface area contributed by atoms with Gasteiger partial charge in [0, 0.05) is 5.25 Å². The Morgan fingerprint density at radius 1 is 1.44 bits per heavy atom. The van der Waals surface area contributed by atoms with E-state index in [1.165, 1.54) is 24.7 Å². The lowest BCUT2D eigenvalue weighted by Crippen LogP contribution is -2.36. The van der Waals surface area contributed by atoms with E-state index < -0.39 is 0 Å². The van der Waals surface area contributed by atoms with Crippen molar-refractivity contribution in [3.05, 3.63) is 35.6 Å². The Labute approximate surface area is 99.8 Å². The first-order valence-electron chi connectivity index (χ1n) is 5.64. The minimum absolute atomic E-state index is 0.0565. The van der Waals surface area contributed by atoms with Gasteiger partial charge in [-0.2, -0.15) is 11.8 Å². The van der Waals surface area contributed by atoms with Crippen molar-refractivity contribution in [2.24, 2.45) is 5.84 Å². The van der Waals surface area contributed by atoms with Gasteiger partial charge >= 0.3 is 0 Å². The summed E-state index contributed by atoms with van der Waals surface area (Å²) in [6.07, 6.45) is 3.67. The molecule has 3 N–H and O–H groups in total. The number of thioether (sulfide) groups is 1. The molecule has 0 radical (unpaired) electrons. The monoisotopic (exact) mass is 240 g/mol. The summed E-state index contributed by atoms with van der Waals surface area (Å²) in [5.41, 5.74) is 3.77. The molecule has 16 heavy (non-hydrogen) atoms. The maximum Gasteiger partial charge on any atom is 0.123 e. The van der Waals surface area contributed by atoms with Crippen LogP contribution in [0.1, 0.15) is 30.9 Å². The van der Waals surface area contributed by atoms with Gasteiger partial charge in [-0.25, -0.2) is 4.39 Å². The molecule has 1 aliphatic heterocycles. The number of benzene rings is 1. The Balaban J connectivity index is 2.14. The van der Waals surface area contributed by atoms with E-state index in [0.29, 0.717) is 5.25 Å². The molecule has 1 aromatic carbocycles. The number of hydrogen-bond acceptors (Lipinski definition) is 3. The van der Waals surface area contributed by atoms with Crippen LogP contribution in [0.5, 0.6) is 0 Å². The zero-order valence-electron chi connectivity index (χ0n) is 9.16. The number of halogens is 1. The van der Waals surface area contributed by atoms with Crippen LogP contribution in [0, 0.1) is 5.82 Å². The molecular weight excluding hydrogens is 223 g/mol. The zero-order valence-corrected chi connectivity index (χ0v) is 9.97. The van der Waals surface area contributed by atoms with Gasteiger partial charge in [-0.15, -0.1) is 0 Å². The predicted octanol–water partition coefficient (Wildman–Crippen LogP) is 2.62. The second-order valence-electron chi connectivity index (χ2n) is 4.10. The standard InChI is InChI=1S/C12H17FN2S/c13-10-5-3-4-9(8-10)12(15-14)11-6-1-2-7-16-11/h3-5,8,11-12,15H,1-2,6-7,14H2. The van der Waals surface area contributed by atoms with E-state index in [4.69, 9.17) is 5.84 Å². The third-order valence-electron chi connectivity index (χ3n) is 2.97. The van der Waals surface area contributed by atoms with Crippen LogP contribution < -0.4 is 11.3 Å². The van der Waals surface area contributed by atoms with Crippen molar-refractivity contribution in [2.75, 3.05) is 5.75 Å². The first kappa shape index (κ1) is 11.9. The molecule has 1 aliphatic rings. The largest absolute Gasteiger partial charge is 0.271 e. The maximum atomic E-state index is 13.2. The fourth-order valence-corrected chi connectivity index (χ4v) is 3.58. The summed E-state index contributed by atoms with van der Waals surface area (Å²) >= 11 is 1.93. The van der Waals surface area contributed by atoms with E-state index in [1.807, 2.05) is 17.8 Å². The molecule has 0 amide bonds. The SMILES string of the molecule is NNC(c1cccc(F)c1)C1CCCCS1. The van der Waals surface area contributed by atoms with Gasteiger partial charge in [0.15, 0.2) is 0 Å². The summed E-state index contributed by atoms with van der Waals surface area (Å²) in [5.74, 6) is 6.58. The smallest absolute Gasteiger partial charge is 0.123 e. The van der Waals surface area contributed by atoms with Gasteiger partial charge in [-0.1, -0.05) is 18.6 Å². The van der Waals surface area contributed by atoms with Gasteiger partial charge in [0.1, 0.15) is 5.82 Å². The van der Waals surface area contributed by atoms with Crippen LogP contribution in [-0.2, 0) is 0 Å². The summed E-state index contributed by atoms with van der Waals surface area (Å²) in [7, 11) is 0. The van der Waals surface area contributed by atoms with Crippen LogP contribution in [0.2, 0.25) is 0 Å². The highest BCUT2D eigenvalue weighted by Gasteiger charge is 2.24. The fraction of sp³-hybridized carbons (Fsp3) is 0.500. The van der Waals surface area contributed by atoms with E-state index in [9.17, 15) is 4.39 Å². The molecule has 1 fully saturated rings. The highest BCUT2D eigenvalue weighted by Crippen LogP contribution is 2.34. The molecule has 2 atom stereocenters. The molecule has 2 nitrogen and oxygen atoms in total. The maximum absolute atomic E-state index is 13.2. The molecule has 0 aromatic heterocycles. The summed E-state index contributed by atoms with van der Waals surface area (Å²) in [5, 5.41) is 0.459. The minimum atomic E-state index is -0.196. The summed E-state index contributed by atoms with van der Waals surface area (Å²) in [6.45, 7) is 0. The third-order valence-corrected chi connectivity index (χ3v) is 4.43. The van der Waals surface area contributed by atoms with Crippen molar-refractivity contribution < 1.29 is 4.39 Å². The van der Waals surface area contributed by atoms with Gasteiger partial charge in [-0.3, -0.25) is 11.3 Å². The van der Waals surface area contributed by atoms with Crippen LogP contribution in [0.4, 0.5) is 4.39 Å². The Morgan fingerprint density at radius 2 is 2.31 bits per heavy atom. The van der Waals surface area contributed by atoms with Crippen molar-refractivity contribution in [3.63, 3.8) is 0 Å². The first-order valence-corrected chi connectivity index (χ1v) is 6.69. The molecule has 1 saturated heterocycles. The van der Waals surface area contributed by atoms with Crippen LogP contribution in [-0.4, -0.2) is 11.0 Å². The molecule has 0 spiro atoms. The lowest BCUT2D eigenvalue weighted by molar-refractivity contribution is 0.489. The number of hydrogen-bond donors (Lipinski definition) is 2. The average molecular weight is 240 g/mol. The van der Waals surface area contributed by atoms with Crippen LogP contribution in [0.25, 0.3) is 0 Å². The molecule has 4 heteroatoms. The highest BCUT2D eigenvalue weighted by molar-refractivity contribution is 8.00. The molecule has 0 aliphatic carbocycles. The molecular formula is C12H17FN2S. The van der Waals surface area contributed by atoms with Gasteiger partial charge in [0.05, 0.1) is 6.04 Å². The minimum Gasteiger partial charge on any atom is -0.271 e. The molecule has 2 rings (SSSR count). The molecule has 0 saturated carbocycles. The molecule has 1 heterocycles. The lowest BCUT2D eigenvalue weighted by Gasteiger charge is -2.29. The second kappa shape index (κ2) is 5.66. The van der Waals surface area contributed by atoms with Gasteiger partial charge in [0.2, 0.25) is 0 Å². The molecule has 0 bridgehead atoms. The quantitative estimate of drug-likeness (QED) is 0.630.